The second kappa shape index (κ2) is 12.1. The molecule has 0 aliphatic carbocycles. The van der Waals surface area contributed by atoms with Crippen LogP contribution in [-0.2, 0) is 4.74 Å². The molecular weight excluding hydrogens is 463 g/mol. The Morgan fingerprint density at radius 2 is 0.969 bits per heavy atom. The van der Waals surface area contributed by atoms with Gasteiger partial charge in [-0.3, -0.25) is 0 Å². The molecule has 0 amide bonds. The SMILES string of the molecule is c1ccc(OCCOCCOc2ccccc2[Se+](c2ccccc2)c2ccccc2)cc1. The van der Waals surface area contributed by atoms with E-state index in [4.69, 9.17) is 14.2 Å². The molecule has 0 fully saturated rings. The Morgan fingerprint density at radius 3 is 1.59 bits per heavy atom. The molecule has 0 N–H and O–H groups in total. The molecule has 0 aliphatic rings. The fourth-order valence-corrected chi connectivity index (χ4v) is 7.87. The van der Waals surface area contributed by atoms with Crippen LogP contribution in [0.4, 0.5) is 0 Å². The van der Waals surface area contributed by atoms with Crippen LogP contribution in [0.5, 0.6) is 11.5 Å². The zero-order chi connectivity index (χ0) is 21.8. The van der Waals surface area contributed by atoms with E-state index in [1.807, 2.05) is 36.4 Å². The van der Waals surface area contributed by atoms with E-state index in [0.717, 1.165) is 11.5 Å². The van der Waals surface area contributed by atoms with E-state index >= 15 is 0 Å². The quantitative estimate of drug-likeness (QED) is 0.237. The third-order valence-corrected chi connectivity index (χ3v) is 9.50. The van der Waals surface area contributed by atoms with Gasteiger partial charge in [-0.2, -0.15) is 0 Å². The third kappa shape index (κ3) is 6.24. The second-order valence-corrected chi connectivity index (χ2v) is 11.2. The van der Waals surface area contributed by atoms with Gasteiger partial charge in [0.05, 0.1) is 0 Å². The Kier molecular flexibility index (Phi) is 8.39. The molecule has 0 aromatic heterocycles. The maximum absolute atomic E-state index is 6.19. The van der Waals surface area contributed by atoms with Gasteiger partial charge in [0.25, 0.3) is 0 Å². The summed E-state index contributed by atoms with van der Waals surface area (Å²) in [5, 5.41) is 0. The summed E-state index contributed by atoms with van der Waals surface area (Å²) in [5.74, 6) is 1.80. The first kappa shape index (κ1) is 22.2. The molecule has 162 valence electrons. The van der Waals surface area contributed by atoms with E-state index in [9.17, 15) is 0 Å². The van der Waals surface area contributed by atoms with Crippen molar-refractivity contribution in [1.82, 2.24) is 0 Å². The van der Waals surface area contributed by atoms with Crippen molar-refractivity contribution in [2.45, 2.75) is 0 Å². The van der Waals surface area contributed by atoms with Gasteiger partial charge in [-0.1, -0.05) is 6.07 Å². The van der Waals surface area contributed by atoms with Crippen LogP contribution < -0.4 is 22.9 Å². The van der Waals surface area contributed by atoms with Crippen molar-refractivity contribution in [3.63, 3.8) is 0 Å². The molecular formula is C28H27O3Se+. The fourth-order valence-electron chi connectivity index (χ4n) is 3.29. The zero-order valence-corrected chi connectivity index (χ0v) is 19.6. The van der Waals surface area contributed by atoms with Gasteiger partial charge in [0.15, 0.2) is 0 Å². The molecule has 4 rings (SSSR count). The molecule has 0 heterocycles. The van der Waals surface area contributed by atoms with Crippen molar-refractivity contribution in [1.29, 1.82) is 0 Å². The average Bonchev–Trinajstić information content (AvgIpc) is 2.86. The van der Waals surface area contributed by atoms with Crippen LogP contribution in [-0.4, -0.2) is 40.3 Å². The van der Waals surface area contributed by atoms with Crippen molar-refractivity contribution >= 4 is 27.3 Å². The molecule has 0 aliphatic heterocycles. The summed E-state index contributed by atoms with van der Waals surface area (Å²) >= 11 is -1.46. The fraction of sp³-hybridized carbons (Fsp3) is 0.143. The summed E-state index contributed by atoms with van der Waals surface area (Å²) in [6.45, 7) is 2.08. The van der Waals surface area contributed by atoms with E-state index < -0.39 is 13.9 Å². The van der Waals surface area contributed by atoms with Crippen molar-refractivity contribution < 1.29 is 14.2 Å². The van der Waals surface area contributed by atoms with E-state index in [2.05, 4.69) is 78.9 Å². The Balaban J connectivity index is 1.37. The summed E-state index contributed by atoms with van der Waals surface area (Å²) in [6.07, 6.45) is 0. The number of hydrogen-bond donors (Lipinski definition) is 0. The molecule has 0 saturated carbocycles. The van der Waals surface area contributed by atoms with Crippen LogP contribution in [0.25, 0.3) is 0 Å². The van der Waals surface area contributed by atoms with E-state index in [-0.39, 0.29) is 0 Å². The van der Waals surface area contributed by atoms with Crippen molar-refractivity contribution in [2.24, 2.45) is 0 Å². The van der Waals surface area contributed by atoms with Gasteiger partial charge in [0.1, 0.15) is 0 Å². The standard InChI is InChI=1S/C28H27O3Se/c1-4-12-24(13-5-1)30-22-20-29-21-23-31-27-18-10-11-19-28(27)32(25-14-6-2-7-15-25)26-16-8-3-9-17-26/h1-19H,20-23H2/q+1. The molecule has 0 radical (unpaired) electrons. The number of rotatable bonds is 11. The predicted octanol–water partition coefficient (Wildman–Crippen LogP) is 3.68. The maximum atomic E-state index is 6.19. The summed E-state index contributed by atoms with van der Waals surface area (Å²) in [6, 6.07) is 39.7. The number of para-hydroxylation sites is 2. The first-order chi connectivity index (χ1) is 15.9. The Hall–Kier alpha value is -3.04. The summed E-state index contributed by atoms with van der Waals surface area (Å²) in [5.41, 5.74) is 0. The number of ether oxygens (including phenoxy) is 3. The Labute approximate surface area is 194 Å². The molecule has 0 spiro atoms. The summed E-state index contributed by atoms with van der Waals surface area (Å²) in [4.78, 5) is 0. The molecule has 0 saturated heterocycles. The van der Waals surface area contributed by atoms with E-state index in [0.29, 0.717) is 26.4 Å². The van der Waals surface area contributed by atoms with Crippen LogP contribution in [0.2, 0.25) is 0 Å². The van der Waals surface area contributed by atoms with Crippen LogP contribution in [0.15, 0.2) is 115 Å². The molecule has 4 aromatic carbocycles. The first-order valence-corrected chi connectivity index (χ1v) is 13.3. The van der Waals surface area contributed by atoms with Gasteiger partial charge in [-0.15, -0.1) is 0 Å². The minimum atomic E-state index is -1.46. The van der Waals surface area contributed by atoms with E-state index in [1.54, 1.807) is 0 Å². The van der Waals surface area contributed by atoms with E-state index in [1.165, 1.54) is 13.4 Å². The topological polar surface area (TPSA) is 27.7 Å². The number of benzene rings is 4. The monoisotopic (exact) mass is 491 g/mol. The molecule has 3 nitrogen and oxygen atoms in total. The molecule has 4 aromatic rings. The van der Waals surface area contributed by atoms with Crippen LogP contribution >= 0.6 is 0 Å². The van der Waals surface area contributed by atoms with Crippen molar-refractivity contribution in [2.75, 3.05) is 26.4 Å². The van der Waals surface area contributed by atoms with Gasteiger partial charge in [0.2, 0.25) is 0 Å². The summed E-state index contributed by atoms with van der Waals surface area (Å²) < 4.78 is 21.6. The van der Waals surface area contributed by atoms with Gasteiger partial charge >= 0.3 is 189 Å². The van der Waals surface area contributed by atoms with Gasteiger partial charge in [0, 0.05) is 0 Å². The molecule has 4 heteroatoms. The third-order valence-electron chi connectivity index (χ3n) is 4.75. The van der Waals surface area contributed by atoms with Gasteiger partial charge in [-0.05, 0) is 0 Å². The minimum absolute atomic E-state index is 0.505. The first-order valence-electron chi connectivity index (χ1n) is 10.7. The Morgan fingerprint density at radius 1 is 0.469 bits per heavy atom. The Bertz CT molecular complexity index is 1020. The molecule has 0 unspecified atom stereocenters. The van der Waals surface area contributed by atoms with Crippen LogP contribution in [0.3, 0.4) is 0 Å². The molecule has 0 bridgehead atoms. The molecule has 32 heavy (non-hydrogen) atoms. The molecule has 0 atom stereocenters. The summed E-state index contributed by atoms with van der Waals surface area (Å²) in [7, 11) is 0. The van der Waals surface area contributed by atoms with Crippen molar-refractivity contribution in [3.05, 3.63) is 115 Å². The average molecular weight is 490 g/mol. The number of hydrogen-bond acceptors (Lipinski definition) is 3. The zero-order valence-electron chi connectivity index (χ0n) is 17.9. The van der Waals surface area contributed by atoms with Crippen LogP contribution in [0.1, 0.15) is 0 Å². The predicted molar refractivity (Wildman–Crippen MR) is 132 cm³/mol. The normalized spacial score (nSPS) is 10.8. The second-order valence-electron chi connectivity index (χ2n) is 7.00. The van der Waals surface area contributed by atoms with Gasteiger partial charge in [-0.25, -0.2) is 0 Å². The van der Waals surface area contributed by atoms with Crippen LogP contribution in [0, 0.1) is 0 Å². The van der Waals surface area contributed by atoms with Crippen molar-refractivity contribution in [3.8, 4) is 11.5 Å². The van der Waals surface area contributed by atoms with Gasteiger partial charge < -0.3 is 0 Å².